The van der Waals surface area contributed by atoms with Crippen LogP contribution in [0.1, 0.15) is 168 Å². The third-order valence-electron chi connectivity index (χ3n) is 8.52. The Morgan fingerprint density at radius 3 is 1.34 bits per heavy atom. The van der Waals surface area contributed by atoms with E-state index in [4.69, 9.17) is 18.9 Å². The highest BCUT2D eigenvalue weighted by Gasteiger charge is 2.29. The molecular weight excluding hydrogens is 586 g/mol. The number of epoxide rings is 1. The van der Waals surface area contributed by atoms with Gasteiger partial charge in [0.25, 0.3) is 0 Å². The Balaban J connectivity index is 0.000000329. The summed E-state index contributed by atoms with van der Waals surface area (Å²) in [5.41, 5.74) is 1.40. The van der Waals surface area contributed by atoms with E-state index in [0.29, 0.717) is 33.9 Å². The van der Waals surface area contributed by atoms with E-state index in [9.17, 15) is 4.79 Å². The molecule has 4 aliphatic rings. The zero-order chi connectivity index (χ0) is 36.1. The fourth-order valence-electron chi connectivity index (χ4n) is 6.69. The van der Waals surface area contributed by atoms with Gasteiger partial charge in [0.15, 0.2) is 0 Å². The molecule has 47 heavy (non-hydrogen) atoms. The maximum absolute atomic E-state index is 11.9. The van der Waals surface area contributed by atoms with Gasteiger partial charge in [-0.25, -0.2) is 4.79 Å². The van der Waals surface area contributed by atoms with Crippen molar-refractivity contribution in [1.29, 1.82) is 0 Å². The van der Waals surface area contributed by atoms with E-state index in [1.165, 1.54) is 51.4 Å². The maximum Gasteiger partial charge on any atom is 0.410 e. The zero-order valence-electron chi connectivity index (χ0n) is 34.1. The Morgan fingerprint density at radius 2 is 1.00 bits per heavy atom. The van der Waals surface area contributed by atoms with E-state index in [2.05, 4.69) is 83.1 Å². The molecule has 1 amide bonds. The number of amides is 1. The van der Waals surface area contributed by atoms with Gasteiger partial charge in [0.1, 0.15) is 5.60 Å². The minimum atomic E-state index is -0.390. The molecule has 0 spiro atoms. The number of rotatable bonds is 4. The van der Waals surface area contributed by atoms with Gasteiger partial charge in [0, 0.05) is 32.9 Å². The lowest BCUT2D eigenvalue weighted by Gasteiger charge is -2.35. The van der Waals surface area contributed by atoms with Gasteiger partial charge in [0.05, 0.1) is 18.8 Å². The smallest absolute Gasteiger partial charge is 0.410 e. The molecular formula is C41H81NO5. The van der Waals surface area contributed by atoms with Crippen LogP contribution in [0, 0.1) is 33.5 Å². The number of carbonyl (C=O) groups excluding carboxylic acids is 1. The molecule has 0 bridgehead atoms. The van der Waals surface area contributed by atoms with Gasteiger partial charge in [0.2, 0.25) is 0 Å². The van der Waals surface area contributed by atoms with Crippen molar-refractivity contribution < 1.29 is 23.7 Å². The monoisotopic (exact) mass is 668 g/mol. The van der Waals surface area contributed by atoms with Crippen LogP contribution in [0.4, 0.5) is 4.79 Å². The molecule has 0 aromatic heterocycles. The summed E-state index contributed by atoms with van der Waals surface area (Å²) in [4.78, 5) is 13.8. The van der Waals surface area contributed by atoms with Crippen LogP contribution >= 0.6 is 0 Å². The number of carbonyl (C=O) groups is 1. The number of piperidine rings is 1. The predicted octanol–water partition coefficient (Wildman–Crippen LogP) is 11.3. The van der Waals surface area contributed by atoms with Crippen LogP contribution in [0.3, 0.4) is 0 Å². The third-order valence-corrected chi connectivity index (χ3v) is 8.52. The van der Waals surface area contributed by atoms with Crippen molar-refractivity contribution in [3.05, 3.63) is 0 Å². The lowest BCUT2D eigenvalue weighted by Crippen LogP contribution is -2.42. The van der Waals surface area contributed by atoms with E-state index in [-0.39, 0.29) is 11.7 Å². The molecule has 4 fully saturated rings. The summed E-state index contributed by atoms with van der Waals surface area (Å²) >= 11 is 0. The lowest BCUT2D eigenvalue weighted by atomic mass is 9.80. The molecule has 6 heteroatoms. The van der Waals surface area contributed by atoms with E-state index >= 15 is 0 Å². The molecule has 0 aliphatic carbocycles. The summed E-state index contributed by atoms with van der Waals surface area (Å²) in [6, 6.07) is 0. The van der Waals surface area contributed by atoms with Crippen molar-refractivity contribution in [2.45, 2.75) is 186 Å². The second kappa shape index (κ2) is 19.5. The Hall–Kier alpha value is -0.850. The first-order valence-electron chi connectivity index (χ1n) is 19.1. The summed E-state index contributed by atoms with van der Waals surface area (Å²) in [6.45, 7) is 38.8. The molecule has 2 atom stereocenters. The predicted molar refractivity (Wildman–Crippen MR) is 199 cm³/mol. The molecule has 0 saturated carbocycles. The molecule has 6 nitrogen and oxygen atoms in total. The topological polar surface area (TPSA) is 60.5 Å². The van der Waals surface area contributed by atoms with Crippen LogP contribution < -0.4 is 0 Å². The van der Waals surface area contributed by atoms with Gasteiger partial charge in [-0.3, -0.25) is 0 Å². The minimum absolute atomic E-state index is 0.156. The number of ether oxygens (including phenoxy) is 4. The normalized spacial score (nSPS) is 23.0. The van der Waals surface area contributed by atoms with Crippen LogP contribution in [0.5, 0.6) is 0 Å². The lowest BCUT2D eigenvalue weighted by molar-refractivity contribution is 0.0170. The molecule has 4 heterocycles. The Morgan fingerprint density at radius 1 is 0.574 bits per heavy atom. The van der Waals surface area contributed by atoms with Crippen LogP contribution in [0.2, 0.25) is 0 Å². The molecule has 4 saturated heterocycles. The summed E-state index contributed by atoms with van der Waals surface area (Å²) in [5, 5.41) is 0. The molecule has 2 unspecified atom stereocenters. The fraction of sp³-hybridized carbons (Fsp3) is 0.976. The summed E-state index contributed by atoms with van der Waals surface area (Å²) in [5.74, 6) is 1.67. The molecule has 4 aliphatic heterocycles. The maximum atomic E-state index is 11.9. The standard InChI is InChI=1S/C15H29NO2.C10H20O.C9H18O.C7H14O/c1-14(2,3)11-12-7-9-16(10-8-12)13(17)18-15(4,5)6;1-10(2,3)8-9-4-6-11-7-5-9;1-9(2,3)7-8-5-4-6-10-8;1-7(2,3)4-6-5-8-6/h12H,7-11H2,1-6H3;9H,4-8H2,1-3H3;8H,4-7H2,1-3H3;6H,4-5H2,1-3H3. The first-order chi connectivity index (χ1) is 21.3. The molecule has 280 valence electrons. The Kier molecular flexibility index (Phi) is 18.3. The van der Waals surface area contributed by atoms with Gasteiger partial charge in [-0.2, -0.15) is 0 Å². The molecule has 0 N–H and O–H groups in total. The number of likely N-dealkylation sites (tertiary alicyclic amines) is 1. The van der Waals surface area contributed by atoms with Gasteiger partial charge >= 0.3 is 6.09 Å². The second-order valence-electron chi connectivity index (χ2n) is 20.6. The van der Waals surface area contributed by atoms with E-state index < -0.39 is 0 Å². The van der Waals surface area contributed by atoms with Gasteiger partial charge in [-0.15, -0.1) is 0 Å². The van der Waals surface area contributed by atoms with Gasteiger partial charge < -0.3 is 23.8 Å². The van der Waals surface area contributed by atoms with Crippen LogP contribution in [0.15, 0.2) is 0 Å². The van der Waals surface area contributed by atoms with E-state index in [1.807, 2.05) is 25.7 Å². The molecule has 0 aromatic rings. The van der Waals surface area contributed by atoms with Crippen molar-refractivity contribution in [1.82, 2.24) is 4.90 Å². The summed E-state index contributed by atoms with van der Waals surface area (Å²) in [7, 11) is 0. The first kappa shape index (κ1) is 44.2. The average Bonchev–Trinajstić information content (AvgIpc) is 3.52. The van der Waals surface area contributed by atoms with Crippen molar-refractivity contribution in [2.24, 2.45) is 33.5 Å². The molecule has 0 aromatic carbocycles. The average molecular weight is 668 g/mol. The summed E-state index contributed by atoms with van der Waals surface area (Å²) in [6.07, 6.45) is 13.3. The minimum Gasteiger partial charge on any atom is -0.444 e. The highest BCUT2D eigenvalue weighted by Crippen LogP contribution is 2.32. The fourth-order valence-corrected chi connectivity index (χ4v) is 6.69. The van der Waals surface area contributed by atoms with Crippen LogP contribution in [-0.2, 0) is 18.9 Å². The number of nitrogens with zero attached hydrogens (tertiary/aromatic N) is 1. The quantitative estimate of drug-likeness (QED) is 0.279. The highest BCUT2D eigenvalue weighted by molar-refractivity contribution is 5.68. The molecule has 0 radical (unpaired) electrons. The SMILES string of the molecule is CC(C)(C)CC1CCCO1.CC(C)(C)CC1CCN(C(=O)OC(C)(C)C)CC1.CC(C)(C)CC1CCOCC1.CC(C)(C)CC1CO1. The summed E-state index contributed by atoms with van der Waals surface area (Å²) < 4.78 is 21.3. The van der Waals surface area contributed by atoms with Crippen LogP contribution in [-0.4, -0.2) is 68.3 Å². The highest BCUT2D eigenvalue weighted by atomic mass is 16.6. The van der Waals surface area contributed by atoms with Crippen molar-refractivity contribution in [3.63, 3.8) is 0 Å². The number of hydrogen-bond acceptors (Lipinski definition) is 5. The largest absolute Gasteiger partial charge is 0.444 e. The first-order valence-corrected chi connectivity index (χ1v) is 19.1. The van der Waals surface area contributed by atoms with E-state index in [0.717, 1.165) is 64.2 Å². The Bertz CT molecular complexity index is 828. The second-order valence-corrected chi connectivity index (χ2v) is 20.6. The number of hydrogen-bond donors (Lipinski definition) is 0. The molecule has 4 rings (SSSR count). The van der Waals surface area contributed by atoms with Crippen molar-refractivity contribution in [2.75, 3.05) is 39.5 Å². The van der Waals surface area contributed by atoms with Gasteiger partial charge in [-0.1, -0.05) is 83.1 Å². The van der Waals surface area contributed by atoms with Crippen LogP contribution in [0.25, 0.3) is 0 Å². The Labute approximate surface area is 293 Å². The zero-order valence-corrected chi connectivity index (χ0v) is 34.1. The third kappa shape index (κ3) is 26.7. The van der Waals surface area contributed by atoms with Crippen molar-refractivity contribution >= 4 is 6.09 Å². The van der Waals surface area contributed by atoms with Crippen molar-refractivity contribution in [3.8, 4) is 0 Å². The van der Waals surface area contributed by atoms with Gasteiger partial charge in [-0.05, 0) is 118 Å². The van der Waals surface area contributed by atoms with E-state index in [1.54, 1.807) is 0 Å².